The SMILES string of the molecule is COC(=O)CC[C@@H](C)[C@H]1CCC2C3C(CC[C@@]21C)[C@@]1(C)CC[C@H](NCCCCNCc2ccccn2)C[C@@H]1C[C@H]3O. The van der Waals surface area contributed by atoms with Gasteiger partial charge in [-0.3, -0.25) is 9.78 Å². The second-order valence-corrected chi connectivity index (χ2v) is 14.7. The van der Waals surface area contributed by atoms with Gasteiger partial charge >= 0.3 is 5.97 Å². The van der Waals surface area contributed by atoms with Crippen LogP contribution in [0.5, 0.6) is 0 Å². The number of aliphatic hydroxyl groups excluding tert-OH is 1. The first-order valence-corrected chi connectivity index (χ1v) is 16.8. The lowest BCUT2D eigenvalue weighted by molar-refractivity contribution is -0.167. The summed E-state index contributed by atoms with van der Waals surface area (Å²) in [6.07, 6.45) is 15.4. The minimum Gasteiger partial charge on any atom is -0.469 e. The van der Waals surface area contributed by atoms with Crippen molar-refractivity contribution in [2.45, 2.75) is 117 Å². The van der Waals surface area contributed by atoms with E-state index in [1.807, 2.05) is 18.3 Å². The molecule has 1 aromatic rings. The molecule has 0 amide bonds. The molecule has 3 unspecified atom stereocenters. The van der Waals surface area contributed by atoms with E-state index in [1.165, 1.54) is 64.9 Å². The molecule has 0 aliphatic heterocycles. The molecule has 0 saturated heterocycles. The van der Waals surface area contributed by atoms with Crippen molar-refractivity contribution < 1.29 is 14.6 Å². The van der Waals surface area contributed by atoms with E-state index in [2.05, 4.69) is 42.5 Å². The van der Waals surface area contributed by atoms with Gasteiger partial charge in [0.2, 0.25) is 0 Å². The first kappa shape index (κ1) is 30.9. The second kappa shape index (κ2) is 13.4. The number of fused-ring (bicyclic) bond motifs is 5. The van der Waals surface area contributed by atoms with Crippen molar-refractivity contribution in [1.29, 1.82) is 0 Å². The van der Waals surface area contributed by atoms with E-state index in [1.54, 1.807) is 0 Å². The molecule has 6 heteroatoms. The minimum atomic E-state index is -0.157. The Labute approximate surface area is 249 Å². The second-order valence-electron chi connectivity index (χ2n) is 14.7. The Hall–Kier alpha value is -1.50. The van der Waals surface area contributed by atoms with Gasteiger partial charge in [0.05, 0.1) is 18.9 Å². The number of aromatic nitrogens is 1. The summed E-state index contributed by atoms with van der Waals surface area (Å²) >= 11 is 0. The van der Waals surface area contributed by atoms with Crippen LogP contribution in [0.1, 0.15) is 104 Å². The zero-order valence-electron chi connectivity index (χ0n) is 26.2. The Kier molecular flexibility index (Phi) is 10.1. The van der Waals surface area contributed by atoms with E-state index in [0.717, 1.165) is 38.2 Å². The molecule has 5 rings (SSSR count). The Morgan fingerprint density at radius 1 is 1.07 bits per heavy atom. The average Bonchev–Trinajstić information content (AvgIpc) is 3.33. The van der Waals surface area contributed by atoms with Crippen LogP contribution in [0.15, 0.2) is 24.4 Å². The normalized spacial score (nSPS) is 38.9. The van der Waals surface area contributed by atoms with E-state index < -0.39 is 0 Å². The number of pyridine rings is 1. The molecule has 6 nitrogen and oxygen atoms in total. The molecule has 0 spiro atoms. The topological polar surface area (TPSA) is 83.5 Å². The van der Waals surface area contributed by atoms with Crippen molar-refractivity contribution in [2.24, 2.45) is 46.3 Å². The summed E-state index contributed by atoms with van der Waals surface area (Å²) in [5.74, 6) is 3.47. The number of unbranched alkanes of at least 4 members (excludes halogenated alkanes) is 1. The van der Waals surface area contributed by atoms with Crippen molar-refractivity contribution in [3.63, 3.8) is 0 Å². The number of carbonyl (C=O) groups excluding carboxylic acids is 1. The summed E-state index contributed by atoms with van der Waals surface area (Å²) in [5.41, 5.74) is 1.77. The van der Waals surface area contributed by atoms with Crippen LogP contribution < -0.4 is 10.6 Å². The number of nitrogens with zero attached hydrogens (tertiary/aromatic N) is 1. The first-order chi connectivity index (χ1) is 19.8. The fourth-order valence-electron chi connectivity index (χ4n) is 10.4. The standard InChI is InChI=1S/C35H57N3O3/c1-24(10-13-32(40)41-4)28-11-12-29-33-30(15-17-35(28,29)3)34(2)16-14-26(21-25(34)22-31(33)39)37-20-8-7-18-36-23-27-9-5-6-19-38-27/h5-6,9,19,24-26,28-31,33,36-37,39H,7-8,10-18,20-23H2,1-4H3/t24-,25-,26+,28-,29?,30?,31-,33?,34+,35-/m1/s1. The van der Waals surface area contributed by atoms with Crippen LogP contribution in [0.25, 0.3) is 0 Å². The lowest BCUT2D eigenvalue weighted by Gasteiger charge is -2.62. The Morgan fingerprint density at radius 2 is 1.85 bits per heavy atom. The summed E-state index contributed by atoms with van der Waals surface area (Å²) < 4.78 is 4.92. The van der Waals surface area contributed by atoms with Crippen molar-refractivity contribution in [3.8, 4) is 0 Å². The molecule has 1 heterocycles. The molecular formula is C35H57N3O3. The van der Waals surface area contributed by atoms with Crippen LogP contribution >= 0.6 is 0 Å². The molecule has 0 bridgehead atoms. The molecular weight excluding hydrogens is 510 g/mol. The zero-order valence-corrected chi connectivity index (χ0v) is 26.2. The lowest BCUT2D eigenvalue weighted by atomic mass is 9.43. The molecule has 3 N–H and O–H groups in total. The predicted molar refractivity (Wildman–Crippen MR) is 164 cm³/mol. The fourth-order valence-corrected chi connectivity index (χ4v) is 10.4. The number of hydrogen-bond donors (Lipinski definition) is 3. The van der Waals surface area contributed by atoms with Crippen molar-refractivity contribution >= 4 is 5.97 Å². The van der Waals surface area contributed by atoms with Crippen LogP contribution in [0.4, 0.5) is 0 Å². The first-order valence-electron chi connectivity index (χ1n) is 16.8. The highest BCUT2D eigenvalue weighted by Gasteiger charge is 2.62. The van der Waals surface area contributed by atoms with Crippen LogP contribution in [-0.2, 0) is 16.1 Å². The number of rotatable bonds is 12. The third-order valence-corrected chi connectivity index (χ3v) is 12.7. The van der Waals surface area contributed by atoms with Gasteiger partial charge in [-0.25, -0.2) is 0 Å². The molecule has 4 aliphatic carbocycles. The molecule has 0 radical (unpaired) electrons. The van der Waals surface area contributed by atoms with Gasteiger partial charge in [-0.05, 0) is 142 Å². The quantitative estimate of drug-likeness (QED) is 0.208. The smallest absolute Gasteiger partial charge is 0.305 e. The lowest BCUT2D eigenvalue weighted by Crippen LogP contribution is -2.59. The van der Waals surface area contributed by atoms with Crippen molar-refractivity contribution in [1.82, 2.24) is 15.6 Å². The number of methoxy groups -OCH3 is 1. The highest BCUT2D eigenvalue weighted by Crippen LogP contribution is 2.68. The predicted octanol–water partition coefficient (Wildman–Crippen LogP) is 6.13. The monoisotopic (exact) mass is 567 g/mol. The number of hydrogen-bond acceptors (Lipinski definition) is 6. The number of esters is 1. The average molecular weight is 568 g/mol. The van der Waals surface area contributed by atoms with Gasteiger partial charge in [0.25, 0.3) is 0 Å². The third kappa shape index (κ3) is 6.55. The summed E-state index contributed by atoms with van der Waals surface area (Å²) in [4.78, 5) is 16.2. The number of carbonyl (C=O) groups is 1. The maximum atomic E-state index is 11.8. The minimum absolute atomic E-state index is 0.0827. The van der Waals surface area contributed by atoms with E-state index in [4.69, 9.17) is 4.74 Å². The third-order valence-electron chi connectivity index (χ3n) is 12.7. The van der Waals surface area contributed by atoms with E-state index >= 15 is 0 Å². The van der Waals surface area contributed by atoms with Crippen molar-refractivity contribution in [2.75, 3.05) is 20.2 Å². The largest absolute Gasteiger partial charge is 0.469 e. The molecule has 0 aromatic carbocycles. The van der Waals surface area contributed by atoms with Gasteiger partial charge < -0.3 is 20.5 Å². The molecule has 1 aromatic heterocycles. The van der Waals surface area contributed by atoms with Gasteiger partial charge in [0, 0.05) is 25.2 Å². The zero-order chi connectivity index (χ0) is 29.0. The summed E-state index contributed by atoms with van der Waals surface area (Å²) in [5, 5.41) is 19.1. The van der Waals surface area contributed by atoms with Gasteiger partial charge in [0.15, 0.2) is 0 Å². The summed E-state index contributed by atoms with van der Waals surface area (Å²) in [6, 6.07) is 6.67. The van der Waals surface area contributed by atoms with E-state index in [0.29, 0.717) is 58.8 Å². The number of ether oxygens (including phenoxy) is 1. The van der Waals surface area contributed by atoms with E-state index in [-0.39, 0.29) is 12.1 Å². The Bertz CT molecular complexity index is 990. The summed E-state index contributed by atoms with van der Waals surface area (Å²) in [7, 11) is 1.49. The number of aliphatic hydroxyl groups is 1. The van der Waals surface area contributed by atoms with Crippen LogP contribution in [0, 0.1) is 46.3 Å². The molecule has 41 heavy (non-hydrogen) atoms. The van der Waals surface area contributed by atoms with Gasteiger partial charge in [-0.15, -0.1) is 0 Å². The molecule has 4 fully saturated rings. The van der Waals surface area contributed by atoms with E-state index in [9.17, 15) is 9.90 Å². The highest BCUT2D eigenvalue weighted by atomic mass is 16.5. The fraction of sp³-hybridized carbons (Fsp3) is 0.829. The number of nitrogens with one attached hydrogen (secondary N) is 2. The van der Waals surface area contributed by atoms with Gasteiger partial charge in [0.1, 0.15) is 0 Å². The Balaban J connectivity index is 1.10. The Morgan fingerprint density at radius 3 is 2.63 bits per heavy atom. The molecule has 230 valence electrons. The molecule has 4 saturated carbocycles. The van der Waals surface area contributed by atoms with Crippen LogP contribution in [0.2, 0.25) is 0 Å². The highest BCUT2D eigenvalue weighted by molar-refractivity contribution is 5.69. The van der Waals surface area contributed by atoms with Gasteiger partial charge in [-0.1, -0.05) is 26.8 Å². The van der Waals surface area contributed by atoms with Gasteiger partial charge in [-0.2, -0.15) is 0 Å². The molecule has 4 aliphatic rings. The summed E-state index contributed by atoms with van der Waals surface area (Å²) in [6.45, 7) is 10.5. The maximum Gasteiger partial charge on any atom is 0.305 e. The molecule has 10 atom stereocenters. The van der Waals surface area contributed by atoms with Crippen LogP contribution in [-0.4, -0.2) is 48.4 Å². The maximum absolute atomic E-state index is 11.8. The van der Waals surface area contributed by atoms with Crippen molar-refractivity contribution in [3.05, 3.63) is 30.1 Å². The van der Waals surface area contributed by atoms with Crippen LogP contribution in [0.3, 0.4) is 0 Å².